The largest absolute Gasteiger partial charge is 0.388 e. The van der Waals surface area contributed by atoms with Gasteiger partial charge in [0.15, 0.2) is 0 Å². The molecule has 0 radical (unpaired) electrons. The van der Waals surface area contributed by atoms with Gasteiger partial charge in [0.2, 0.25) is 0 Å². The smallest absolute Gasteiger partial charge is 0.0933 e. The molecule has 2 atom stereocenters. The number of hydrogen-bond donors (Lipinski definition) is 1. The minimum atomic E-state index is -0.725. The second-order valence-corrected chi connectivity index (χ2v) is 3.89. The summed E-state index contributed by atoms with van der Waals surface area (Å²) in [6.45, 7) is 0. The molecule has 4 heteroatoms. The van der Waals surface area contributed by atoms with E-state index >= 15 is 0 Å². The van der Waals surface area contributed by atoms with Gasteiger partial charge >= 0.3 is 0 Å². The zero-order valence-electron chi connectivity index (χ0n) is 8.41. The van der Waals surface area contributed by atoms with E-state index in [2.05, 4.69) is 10.0 Å². The van der Waals surface area contributed by atoms with E-state index in [1.165, 1.54) is 0 Å². The van der Waals surface area contributed by atoms with Crippen molar-refractivity contribution in [3.8, 4) is 0 Å². The van der Waals surface area contributed by atoms with Crippen molar-refractivity contribution in [3.05, 3.63) is 58.0 Å². The van der Waals surface area contributed by atoms with Gasteiger partial charge < -0.3 is 5.11 Å². The van der Waals surface area contributed by atoms with E-state index in [-0.39, 0.29) is 0 Å². The lowest BCUT2D eigenvalue weighted by atomic mass is 10.1. The third kappa shape index (κ3) is 1.05. The van der Waals surface area contributed by atoms with E-state index in [0.717, 1.165) is 21.9 Å². The molecule has 4 nitrogen and oxygen atoms in total. The molecule has 0 bridgehead atoms. The standard InChI is InChI=1S/C12H9N3O/c13-15-14-11-8-5-1-3-7-4-2-6-9(10(7)8)12(11)16/h1-6,11-12,16H/t11-,12+/m0/s1. The SMILES string of the molecule is [N-]=[N+]=N[C@H]1c2cccc3cccc(c23)[C@H]1O. The Morgan fingerprint density at radius 2 is 1.81 bits per heavy atom. The summed E-state index contributed by atoms with van der Waals surface area (Å²) in [6.07, 6.45) is -0.725. The van der Waals surface area contributed by atoms with E-state index < -0.39 is 12.1 Å². The number of aliphatic hydroxyl groups is 1. The van der Waals surface area contributed by atoms with Gasteiger partial charge in [-0.2, -0.15) is 0 Å². The number of rotatable bonds is 1. The summed E-state index contributed by atoms with van der Waals surface area (Å²) in [5.41, 5.74) is 10.3. The predicted octanol–water partition coefficient (Wildman–Crippen LogP) is 3.24. The number of azide groups is 1. The molecule has 0 saturated carbocycles. The summed E-state index contributed by atoms with van der Waals surface area (Å²) in [4.78, 5) is 2.80. The number of aliphatic hydroxyl groups excluding tert-OH is 1. The van der Waals surface area contributed by atoms with Crippen LogP contribution >= 0.6 is 0 Å². The Morgan fingerprint density at radius 3 is 2.50 bits per heavy atom. The fourth-order valence-corrected chi connectivity index (χ4v) is 2.41. The molecule has 16 heavy (non-hydrogen) atoms. The topological polar surface area (TPSA) is 69.0 Å². The van der Waals surface area contributed by atoms with Crippen molar-refractivity contribution >= 4 is 10.8 Å². The van der Waals surface area contributed by atoms with Crippen molar-refractivity contribution in [3.63, 3.8) is 0 Å². The van der Waals surface area contributed by atoms with Crippen molar-refractivity contribution in [1.82, 2.24) is 0 Å². The van der Waals surface area contributed by atoms with Crippen LogP contribution in [-0.2, 0) is 0 Å². The maximum atomic E-state index is 10.1. The Kier molecular flexibility index (Phi) is 1.86. The first-order chi connectivity index (χ1) is 7.83. The van der Waals surface area contributed by atoms with Gasteiger partial charge in [-0.15, -0.1) is 0 Å². The molecule has 1 aliphatic rings. The van der Waals surface area contributed by atoms with Crippen LogP contribution < -0.4 is 0 Å². The molecule has 0 unspecified atom stereocenters. The molecule has 1 aliphatic carbocycles. The summed E-state index contributed by atoms with van der Waals surface area (Å²) >= 11 is 0. The fraction of sp³-hybridized carbons (Fsp3) is 0.167. The van der Waals surface area contributed by atoms with Crippen LogP contribution in [0.25, 0.3) is 21.2 Å². The zero-order valence-corrected chi connectivity index (χ0v) is 8.41. The summed E-state index contributed by atoms with van der Waals surface area (Å²) in [5.74, 6) is 0. The maximum absolute atomic E-state index is 10.1. The maximum Gasteiger partial charge on any atom is 0.0933 e. The Hall–Kier alpha value is -2.03. The number of benzene rings is 2. The monoisotopic (exact) mass is 211 g/mol. The zero-order chi connectivity index (χ0) is 11.1. The van der Waals surface area contributed by atoms with Gasteiger partial charge in [0.05, 0.1) is 12.1 Å². The van der Waals surface area contributed by atoms with Crippen molar-refractivity contribution < 1.29 is 5.11 Å². The van der Waals surface area contributed by atoms with Crippen LogP contribution in [0.3, 0.4) is 0 Å². The molecule has 0 saturated heterocycles. The molecule has 0 fully saturated rings. The fourth-order valence-electron chi connectivity index (χ4n) is 2.41. The molecular weight excluding hydrogens is 202 g/mol. The van der Waals surface area contributed by atoms with Crippen LogP contribution in [0.2, 0.25) is 0 Å². The number of hydrogen-bond acceptors (Lipinski definition) is 2. The van der Waals surface area contributed by atoms with Gasteiger partial charge in [-0.1, -0.05) is 41.5 Å². The van der Waals surface area contributed by atoms with Crippen molar-refractivity contribution in [1.29, 1.82) is 0 Å². The van der Waals surface area contributed by atoms with Crippen LogP contribution in [0, 0.1) is 0 Å². The van der Waals surface area contributed by atoms with E-state index in [1.807, 2.05) is 36.4 Å². The molecule has 2 aromatic rings. The third-order valence-electron chi connectivity index (χ3n) is 3.08. The second kappa shape index (κ2) is 3.23. The van der Waals surface area contributed by atoms with Crippen LogP contribution in [0.15, 0.2) is 41.5 Å². The van der Waals surface area contributed by atoms with Gasteiger partial charge in [-0.3, -0.25) is 0 Å². The van der Waals surface area contributed by atoms with Crippen LogP contribution in [-0.4, -0.2) is 5.11 Å². The minimum Gasteiger partial charge on any atom is -0.388 e. The highest BCUT2D eigenvalue weighted by Gasteiger charge is 2.31. The molecule has 0 heterocycles. The molecule has 3 rings (SSSR count). The molecular formula is C12H9N3O. The first-order valence-electron chi connectivity index (χ1n) is 5.07. The first-order valence-corrected chi connectivity index (χ1v) is 5.07. The Bertz CT molecular complexity index is 611. The third-order valence-corrected chi connectivity index (χ3v) is 3.08. The van der Waals surface area contributed by atoms with Gasteiger partial charge in [-0.25, -0.2) is 0 Å². The highest BCUT2D eigenvalue weighted by Crippen LogP contribution is 2.45. The lowest BCUT2D eigenvalue weighted by Gasteiger charge is -2.09. The number of nitrogens with zero attached hydrogens (tertiary/aromatic N) is 3. The average molecular weight is 211 g/mol. The average Bonchev–Trinajstić information content (AvgIpc) is 2.58. The van der Waals surface area contributed by atoms with Crippen LogP contribution in [0.1, 0.15) is 23.3 Å². The predicted molar refractivity (Wildman–Crippen MR) is 60.8 cm³/mol. The molecule has 1 N–H and O–H groups in total. The minimum absolute atomic E-state index is 0.494. The van der Waals surface area contributed by atoms with Crippen molar-refractivity contribution in [2.24, 2.45) is 5.11 Å². The van der Waals surface area contributed by atoms with Crippen molar-refractivity contribution in [2.45, 2.75) is 12.1 Å². The quantitative estimate of drug-likeness (QED) is 0.439. The molecule has 78 valence electrons. The van der Waals surface area contributed by atoms with Crippen LogP contribution in [0.5, 0.6) is 0 Å². The summed E-state index contributed by atoms with van der Waals surface area (Å²) in [7, 11) is 0. The lowest BCUT2D eigenvalue weighted by Crippen LogP contribution is -2.00. The normalized spacial score (nSPS) is 22.1. The highest BCUT2D eigenvalue weighted by atomic mass is 16.3. The molecule has 2 aromatic carbocycles. The van der Waals surface area contributed by atoms with E-state index in [4.69, 9.17) is 5.53 Å². The molecule has 0 aliphatic heterocycles. The molecule has 0 aromatic heterocycles. The van der Waals surface area contributed by atoms with Crippen LogP contribution in [0.4, 0.5) is 0 Å². The van der Waals surface area contributed by atoms with E-state index in [1.54, 1.807) is 0 Å². The van der Waals surface area contributed by atoms with E-state index in [9.17, 15) is 5.11 Å². The van der Waals surface area contributed by atoms with Gasteiger partial charge in [-0.05, 0) is 27.4 Å². The first kappa shape index (κ1) is 9.21. The lowest BCUT2D eigenvalue weighted by molar-refractivity contribution is 0.155. The van der Waals surface area contributed by atoms with E-state index in [0.29, 0.717) is 0 Å². The summed E-state index contributed by atoms with van der Waals surface area (Å²) in [5, 5.41) is 15.9. The molecule has 0 amide bonds. The Morgan fingerprint density at radius 1 is 1.12 bits per heavy atom. The summed E-state index contributed by atoms with van der Waals surface area (Å²) in [6, 6.07) is 11.1. The van der Waals surface area contributed by atoms with Crippen molar-refractivity contribution in [2.75, 3.05) is 0 Å². The Labute approximate surface area is 91.8 Å². The molecule has 0 spiro atoms. The Balaban J connectivity index is 2.39. The highest BCUT2D eigenvalue weighted by molar-refractivity contribution is 5.91. The van der Waals surface area contributed by atoms with Gasteiger partial charge in [0.1, 0.15) is 0 Å². The van der Waals surface area contributed by atoms with Gasteiger partial charge in [0.25, 0.3) is 0 Å². The summed E-state index contributed by atoms with van der Waals surface area (Å²) < 4.78 is 0. The van der Waals surface area contributed by atoms with Gasteiger partial charge in [0, 0.05) is 4.91 Å². The second-order valence-electron chi connectivity index (χ2n) is 3.89.